The average Bonchev–Trinajstić information content (AvgIpc) is 3.11. The summed E-state index contributed by atoms with van der Waals surface area (Å²) in [5.41, 5.74) is 6.99. The first-order valence-corrected chi connectivity index (χ1v) is 10.6. The highest BCUT2D eigenvalue weighted by Gasteiger charge is 2.30. The van der Waals surface area contributed by atoms with Gasteiger partial charge in [-0.15, -0.1) is 0 Å². The molecule has 1 unspecified atom stereocenters. The fourth-order valence-electron chi connectivity index (χ4n) is 4.88. The Morgan fingerprint density at radius 3 is 2.29 bits per heavy atom. The van der Waals surface area contributed by atoms with E-state index in [4.69, 9.17) is 4.74 Å². The number of alkyl carbamates (subject to hydrolysis) is 1. The van der Waals surface area contributed by atoms with Gasteiger partial charge in [0.1, 0.15) is 6.61 Å². The summed E-state index contributed by atoms with van der Waals surface area (Å²) in [6.07, 6.45) is 2.08. The lowest BCUT2D eigenvalue weighted by Crippen LogP contribution is -2.32. The molecule has 3 aromatic rings. The third-order valence-corrected chi connectivity index (χ3v) is 6.34. The monoisotopic (exact) mass is 413 g/mol. The highest BCUT2D eigenvalue weighted by atomic mass is 16.5. The maximum absolute atomic E-state index is 12.6. The van der Waals surface area contributed by atoms with E-state index in [1.165, 1.54) is 22.3 Å². The van der Waals surface area contributed by atoms with Gasteiger partial charge in [-0.2, -0.15) is 0 Å². The second-order valence-corrected chi connectivity index (χ2v) is 8.13. The number of aromatic carboxylic acids is 1. The van der Waals surface area contributed by atoms with Crippen molar-refractivity contribution in [2.45, 2.75) is 31.2 Å². The Morgan fingerprint density at radius 1 is 0.935 bits per heavy atom. The summed E-state index contributed by atoms with van der Waals surface area (Å²) in [7, 11) is 0. The molecular formula is C26H23NO4. The predicted octanol–water partition coefficient (Wildman–Crippen LogP) is 5.30. The van der Waals surface area contributed by atoms with Crippen molar-refractivity contribution in [3.05, 3.63) is 94.5 Å². The minimum absolute atomic E-state index is 0.0231. The largest absolute Gasteiger partial charge is 0.478 e. The normalized spacial score (nSPS) is 16.7. The first-order chi connectivity index (χ1) is 15.1. The molecule has 0 aromatic heterocycles. The van der Waals surface area contributed by atoms with Crippen LogP contribution in [0.5, 0.6) is 0 Å². The van der Waals surface area contributed by atoms with Gasteiger partial charge in [-0.3, -0.25) is 0 Å². The summed E-state index contributed by atoms with van der Waals surface area (Å²) in [5.74, 6) is -0.913. The van der Waals surface area contributed by atoms with Gasteiger partial charge in [-0.1, -0.05) is 54.6 Å². The molecular weight excluding hydrogens is 390 g/mol. The summed E-state index contributed by atoms with van der Waals surface area (Å²) < 4.78 is 5.68. The zero-order valence-corrected chi connectivity index (χ0v) is 17.0. The van der Waals surface area contributed by atoms with Crippen molar-refractivity contribution >= 4 is 12.1 Å². The highest BCUT2D eigenvalue weighted by molar-refractivity contribution is 5.88. The summed E-state index contributed by atoms with van der Waals surface area (Å²) >= 11 is 0. The summed E-state index contributed by atoms with van der Waals surface area (Å²) in [5, 5.41) is 12.2. The molecule has 2 N–H and O–H groups in total. The van der Waals surface area contributed by atoms with E-state index in [1.807, 2.05) is 30.3 Å². The zero-order valence-electron chi connectivity index (χ0n) is 17.0. The summed E-state index contributed by atoms with van der Waals surface area (Å²) in [4.78, 5) is 23.9. The first-order valence-electron chi connectivity index (χ1n) is 10.6. The third kappa shape index (κ3) is 3.56. The Labute approximate surface area is 180 Å². The predicted molar refractivity (Wildman–Crippen MR) is 117 cm³/mol. The standard InChI is InChI=1S/C26H23NO4/c28-25(29)17-12-13-18-16(14-17)6-5-11-24(18)27-26(30)31-15-23-21-9-3-1-7-19(21)20-8-2-4-10-22(20)23/h1-4,7-10,12-14,23-24H,5-6,11,15H2,(H,27,30)(H,28,29). The molecule has 0 fully saturated rings. The van der Waals surface area contributed by atoms with Gasteiger partial charge in [-0.25, -0.2) is 9.59 Å². The van der Waals surface area contributed by atoms with E-state index in [2.05, 4.69) is 29.6 Å². The molecule has 1 amide bonds. The van der Waals surface area contributed by atoms with E-state index in [-0.39, 0.29) is 24.1 Å². The van der Waals surface area contributed by atoms with Crippen LogP contribution in [0.4, 0.5) is 4.79 Å². The van der Waals surface area contributed by atoms with Gasteiger partial charge in [-0.05, 0) is 64.8 Å². The number of benzene rings is 3. The van der Waals surface area contributed by atoms with Crippen molar-refractivity contribution < 1.29 is 19.4 Å². The lowest BCUT2D eigenvalue weighted by atomic mass is 9.86. The number of fused-ring (bicyclic) bond motifs is 4. The van der Waals surface area contributed by atoms with Crippen molar-refractivity contribution in [3.63, 3.8) is 0 Å². The van der Waals surface area contributed by atoms with Crippen molar-refractivity contribution in [2.75, 3.05) is 6.61 Å². The van der Waals surface area contributed by atoms with E-state index in [9.17, 15) is 14.7 Å². The molecule has 5 nitrogen and oxygen atoms in total. The van der Waals surface area contributed by atoms with Crippen LogP contribution < -0.4 is 5.32 Å². The van der Waals surface area contributed by atoms with Gasteiger partial charge in [0.15, 0.2) is 0 Å². The van der Waals surface area contributed by atoms with Gasteiger partial charge in [0.25, 0.3) is 0 Å². The van der Waals surface area contributed by atoms with Crippen LogP contribution >= 0.6 is 0 Å². The molecule has 3 aromatic carbocycles. The Hall–Kier alpha value is -3.60. The van der Waals surface area contributed by atoms with Gasteiger partial charge < -0.3 is 15.2 Å². The number of nitrogens with one attached hydrogen (secondary N) is 1. The smallest absolute Gasteiger partial charge is 0.407 e. The molecule has 156 valence electrons. The number of aryl methyl sites for hydroxylation is 1. The van der Waals surface area contributed by atoms with Crippen molar-refractivity contribution in [1.82, 2.24) is 5.32 Å². The maximum atomic E-state index is 12.6. The fourth-order valence-corrected chi connectivity index (χ4v) is 4.88. The highest BCUT2D eigenvalue weighted by Crippen LogP contribution is 2.44. The molecule has 0 saturated carbocycles. The number of amides is 1. The average molecular weight is 413 g/mol. The number of rotatable bonds is 4. The minimum atomic E-state index is -0.936. The van der Waals surface area contributed by atoms with E-state index in [1.54, 1.807) is 12.1 Å². The van der Waals surface area contributed by atoms with Crippen LogP contribution in [0.2, 0.25) is 0 Å². The van der Waals surface area contributed by atoms with Crippen molar-refractivity contribution in [1.29, 1.82) is 0 Å². The molecule has 2 aliphatic rings. The number of carboxylic acids is 1. The molecule has 5 rings (SSSR count). The SMILES string of the molecule is O=C(NC1CCCc2cc(C(=O)O)ccc21)OCC1c2ccccc2-c2ccccc21. The maximum Gasteiger partial charge on any atom is 0.407 e. The van der Waals surface area contributed by atoms with Crippen LogP contribution in [0, 0.1) is 0 Å². The topological polar surface area (TPSA) is 75.6 Å². The second kappa shape index (κ2) is 7.91. The number of hydrogen-bond acceptors (Lipinski definition) is 3. The van der Waals surface area contributed by atoms with Gasteiger partial charge in [0.2, 0.25) is 0 Å². The van der Waals surface area contributed by atoms with Crippen molar-refractivity contribution in [3.8, 4) is 11.1 Å². The van der Waals surface area contributed by atoms with Crippen LogP contribution in [-0.2, 0) is 11.2 Å². The molecule has 0 aliphatic heterocycles. The number of carbonyl (C=O) groups is 2. The molecule has 0 heterocycles. The van der Waals surface area contributed by atoms with Gasteiger partial charge >= 0.3 is 12.1 Å². The van der Waals surface area contributed by atoms with Gasteiger partial charge in [0.05, 0.1) is 11.6 Å². The lowest BCUT2D eigenvalue weighted by molar-refractivity contribution is 0.0696. The molecule has 0 saturated heterocycles. The third-order valence-electron chi connectivity index (χ3n) is 6.34. The first kappa shape index (κ1) is 19.4. The summed E-state index contributed by atoms with van der Waals surface area (Å²) in [6, 6.07) is 21.5. The Morgan fingerprint density at radius 2 is 1.61 bits per heavy atom. The van der Waals surface area contributed by atoms with Crippen LogP contribution in [0.15, 0.2) is 66.7 Å². The number of ether oxygens (including phenoxy) is 1. The minimum Gasteiger partial charge on any atom is -0.478 e. The molecule has 0 spiro atoms. The van der Waals surface area contributed by atoms with Crippen LogP contribution in [0.3, 0.4) is 0 Å². The van der Waals surface area contributed by atoms with E-state index in [0.29, 0.717) is 0 Å². The van der Waals surface area contributed by atoms with E-state index >= 15 is 0 Å². The second-order valence-electron chi connectivity index (χ2n) is 8.13. The van der Waals surface area contributed by atoms with Crippen LogP contribution in [0.1, 0.15) is 57.4 Å². The summed E-state index contributed by atoms with van der Waals surface area (Å²) in [6.45, 7) is 0.275. The van der Waals surface area contributed by atoms with Crippen molar-refractivity contribution in [2.24, 2.45) is 0 Å². The Kier molecular flexibility index (Phi) is 4.94. The Bertz CT molecular complexity index is 1120. The molecule has 0 bridgehead atoms. The lowest BCUT2D eigenvalue weighted by Gasteiger charge is -2.26. The molecule has 1 atom stereocenters. The van der Waals surface area contributed by atoms with E-state index in [0.717, 1.165) is 30.4 Å². The zero-order chi connectivity index (χ0) is 21.4. The number of carbonyl (C=O) groups excluding carboxylic acids is 1. The van der Waals surface area contributed by atoms with Gasteiger partial charge in [0, 0.05) is 5.92 Å². The number of hydrogen-bond donors (Lipinski definition) is 2. The Balaban J connectivity index is 1.29. The van der Waals surface area contributed by atoms with E-state index < -0.39 is 12.1 Å². The van der Waals surface area contributed by atoms with Crippen LogP contribution in [-0.4, -0.2) is 23.8 Å². The molecule has 0 radical (unpaired) electrons. The molecule has 5 heteroatoms. The van der Waals surface area contributed by atoms with Crippen LogP contribution in [0.25, 0.3) is 11.1 Å². The quantitative estimate of drug-likeness (QED) is 0.608. The molecule has 2 aliphatic carbocycles. The number of carboxylic acid groups (broad SMARTS) is 1. The fraction of sp³-hybridized carbons (Fsp3) is 0.231. The molecule has 31 heavy (non-hydrogen) atoms.